The van der Waals surface area contributed by atoms with Crippen molar-refractivity contribution in [1.29, 1.82) is 10.5 Å². The van der Waals surface area contributed by atoms with E-state index in [1.165, 1.54) is 11.8 Å². The molecule has 0 aliphatic carbocycles. The van der Waals surface area contributed by atoms with Gasteiger partial charge in [0, 0.05) is 46.4 Å². The Bertz CT molecular complexity index is 1440. The van der Waals surface area contributed by atoms with Gasteiger partial charge in [0.25, 0.3) is 0 Å². The quantitative estimate of drug-likeness (QED) is 0.427. The first kappa shape index (κ1) is 23.1. The molecule has 10 heteroatoms. The summed E-state index contributed by atoms with van der Waals surface area (Å²) in [5, 5.41) is 47.2. The van der Waals surface area contributed by atoms with Gasteiger partial charge >= 0.3 is 0 Å². The molecular formula is C25H23N7O2S. The number of aliphatic hydroxyl groups is 2. The predicted octanol–water partition coefficient (Wildman–Crippen LogP) is 3.04. The summed E-state index contributed by atoms with van der Waals surface area (Å²) >= 11 is 1.44. The van der Waals surface area contributed by atoms with Crippen LogP contribution in [-0.4, -0.2) is 60.4 Å². The number of nitriles is 2. The fraction of sp³-hybridized carbons (Fsp3) is 0.280. The van der Waals surface area contributed by atoms with Gasteiger partial charge in [-0.05, 0) is 31.0 Å². The van der Waals surface area contributed by atoms with Crippen molar-refractivity contribution in [3.05, 3.63) is 66.2 Å². The molecule has 9 nitrogen and oxygen atoms in total. The fourth-order valence-corrected chi connectivity index (χ4v) is 5.51. The van der Waals surface area contributed by atoms with Crippen molar-refractivity contribution >= 4 is 17.3 Å². The van der Waals surface area contributed by atoms with Crippen LogP contribution in [0.1, 0.15) is 30.0 Å². The molecule has 176 valence electrons. The van der Waals surface area contributed by atoms with Crippen molar-refractivity contribution in [3.8, 4) is 23.3 Å². The largest absolute Gasteiger partial charge is 0.392 e. The normalized spacial score (nSPS) is 15.7. The number of hydrogen-bond acceptors (Lipinski definition) is 8. The topological polar surface area (TPSA) is 126 Å². The summed E-state index contributed by atoms with van der Waals surface area (Å²) in [6, 6.07) is 14.1. The molecule has 35 heavy (non-hydrogen) atoms. The molecule has 4 heterocycles. The van der Waals surface area contributed by atoms with Crippen LogP contribution < -0.4 is 0 Å². The van der Waals surface area contributed by atoms with E-state index in [2.05, 4.69) is 22.3 Å². The number of likely N-dealkylation sites (tertiary alicyclic amines) is 1. The minimum atomic E-state index is -0.815. The highest BCUT2D eigenvalue weighted by atomic mass is 32.2. The Balaban J connectivity index is 1.47. The summed E-state index contributed by atoms with van der Waals surface area (Å²) in [5.41, 5.74) is 3.58. The summed E-state index contributed by atoms with van der Waals surface area (Å²) in [5.74, 6) is 0. The third kappa shape index (κ3) is 4.53. The lowest BCUT2D eigenvalue weighted by Gasteiger charge is -2.34. The maximum Gasteiger partial charge on any atom is 0.130 e. The van der Waals surface area contributed by atoms with Crippen LogP contribution in [0.5, 0.6) is 0 Å². The minimum absolute atomic E-state index is 0.209. The predicted molar refractivity (Wildman–Crippen MR) is 129 cm³/mol. The van der Waals surface area contributed by atoms with Gasteiger partial charge in [-0.2, -0.15) is 20.7 Å². The van der Waals surface area contributed by atoms with Crippen LogP contribution in [0.4, 0.5) is 0 Å². The van der Waals surface area contributed by atoms with E-state index in [0.29, 0.717) is 29.7 Å². The van der Waals surface area contributed by atoms with Gasteiger partial charge in [-0.15, -0.1) is 0 Å². The Kier molecular flexibility index (Phi) is 6.53. The molecule has 1 aliphatic rings. The third-order valence-corrected chi connectivity index (χ3v) is 7.42. The molecule has 1 saturated heterocycles. The Morgan fingerprint density at radius 3 is 2.51 bits per heavy atom. The molecule has 0 radical (unpaired) electrons. The van der Waals surface area contributed by atoms with Crippen molar-refractivity contribution in [2.24, 2.45) is 0 Å². The first-order valence-corrected chi connectivity index (χ1v) is 12.1. The number of aliphatic hydroxyl groups excluding tert-OH is 2. The van der Waals surface area contributed by atoms with Gasteiger partial charge in [0.1, 0.15) is 18.4 Å². The van der Waals surface area contributed by atoms with Crippen LogP contribution in [0.15, 0.2) is 64.9 Å². The van der Waals surface area contributed by atoms with Crippen LogP contribution in [-0.2, 0) is 0 Å². The molecule has 0 spiro atoms. The maximum atomic E-state index is 9.87. The van der Waals surface area contributed by atoms with Crippen molar-refractivity contribution < 1.29 is 10.2 Å². The molecule has 0 amide bonds. The second kappa shape index (κ2) is 9.90. The molecule has 4 aromatic rings. The Morgan fingerprint density at radius 1 is 1.00 bits per heavy atom. The van der Waals surface area contributed by atoms with Crippen molar-refractivity contribution in [3.63, 3.8) is 0 Å². The second-order valence-electron chi connectivity index (χ2n) is 8.41. The molecule has 3 aromatic heterocycles. The van der Waals surface area contributed by atoms with Gasteiger partial charge in [0.05, 0.1) is 41.7 Å². The molecule has 1 aromatic carbocycles. The van der Waals surface area contributed by atoms with E-state index in [0.717, 1.165) is 33.8 Å². The van der Waals surface area contributed by atoms with Crippen molar-refractivity contribution in [1.82, 2.24) is 24.3 Å². The molecule has 1 aliphatic heterocycles. The van der Waals surface area contributed by atoms with E-state index in [9.17, 15) is 20.7 Å². The van der Waals surface area contributed by atoms with Crippen LogP contribution in [0.3, 0.4) is 0 Å². The van der Waals surface area contributed by atoms with E-state index in [4.69, 9.17) is 0 Å². The number of pyridine rings is 1. The zero-order chi connectivity index (χ0) is 24.4. The van der Waals surface area contributed by atoms with Crippen LogP contribution in [0, 0.1) is 22.7 Å². The molecule has 5 rings (SSSR count). The summed E-state index contributed by atoms with van der Waals surface area (Å²) in [4.78, 5) is 3.52. The summed E-state index contributed by atoms with van der Waals surface area (Å²) in [6.45, 7) is 1.12. The van der Waals surface area contributed by atoms with E-state index in [-0.39, 0.29) is 12.6 Å². The summed E-state index contributed by atoms with van der Waals surface area (Å²) in [7, 11) is 0. The number of aromatic nitrogens is 4. The number of rotatable bonds is 6. The van der Waals surface area contributed by atoms with Gasteiger partial charge in [-0.3, -0.25) is 9.58 Å². The number of benzene rings is 1. The maximum absolute atomic E-state index is 9.87. The Hall–Kier alpha value is -3.67. The van der Waals surface area contributed by atoms with E-state index >= 15 is 0 Å². The van der Waals surface area contributed by atoms with E-state index in [1.54, 1.807) is 16.8 Å². The average molecular weight is 486 g/mol. The zero-order valence-corrected chi connectivity index (χ0v) is 19.6. The molecule has 2 N–H and O–H groups in total. The number of nitrogens with zero attached hydrogens (tertiary/aromatic N) is 7. The van der Waals surface area contributed by atoms with Gasteiger partial charge in [-0.25, -0.2) is 4.52 Å². The lowest BCUT2D eigenvalue weighted by Crippen LogP contribution is -2.43. The van der Waals surface area contributed by atoms with Gasteiger partial charge in [-0.1, -0.05) is 23.9 Å². The zero-order valence-electron chi connectivity index (χ0n) is 18.8. The highest BCUT2D eigenvalue weighted by Gasteiger charge is 2.25. The first-order valence-electron chi connectivity index (χ1n) is 11.3. The van der Waals surface area contributed by atoms with E-state index < -0.39 is 6.23 Å². The van der Waals surface area contributed by atoms with Crippen LogP contribution >= 0.6 is 11.8 Å². The van der Waals surface area contributed by atoms with E-state index in [1.807, 2.05) is 52.4 Å². The molecule has 1 unspecified atom stereocenters. The lowest BCUT2D eigenvalue weighted by molar-refractivity contribution is -0.0491. The Labute approximate surface area is 206 Å². The van der Waals surface area contributed by atoms with Gasteiger partial charge in [0.15, 0.2) is 0 Å². The molecule has 1 fully saturated rings. The third-order valence-electron chi connectivity index (χ3n) is 6.32. The van der Waals surface area contributed by atoms with Gasteiger partial charge in [0.2, 0.25) is 0 Å². The van der Waals surface area contributed by atoms with Crippen molar-refractivity contribution in [2.45, 2.75) is 34.9 Å². The monoisotopic (exact) mass is 485 g/mol. The number of piperidine rings is 1. The number of hydrogen-bond donors (Lipinski definition) is 2. The highest BCUT2D eigenvalue weighted by molar-refractivity contribution is 7.99. The molecular weight excluding hydrogens is 462 g/mol. The smallest absolute Gasteiger partial charge is 0.130 e. The SMILES string of the molecule is N#Cc1ccccc1Sc1cc(-c2cnn(C3CCN(C(O)CO)CC3)c2)cn2ncc(C#N)c12. The second-order valence-corrected chi connectivity index (χ2v) is 9.49. The number of fused-ring (bicyclic) bond motifs is 1. The van der Waals surface area contributed by atoms with Crippen LogP contribution in [0.2, 0.25) is 0 Å². The molecule has 0 saturated carbocycles. The fourth-order valence-electron chi connectivity index (χ4n) is 4.42. The van der Waals surface area contributed by atoms with Gasteiger partial charge < -0.3 is 10.2 Å². The first-order chi connectivity index (χ1) is 17.1. The highest BCUT2D eigenvalue weighted by Crippen LogP contribution is 2.37. The van der Waals surface area contributed by atoms with Crippen LogP contribution in [0.25, 0.3) is 16.6 Å². The summed E-state index contributed by atoms with van der Waals surface area (Å²) in [6.07, 6.45) is 8.11. The standard InChI is InChI=1S/C25H23N7O2S/c26-10-17-3-1-2-4-22(17)35-23-9-18(14-32-25(23)19(11-27)12-29-32)20-13-28-31(15-20)21-5-7-30(8-6-21)24(34)16-33/h1-4,9,12-15,21,24,33-34H,5-8,16H2. The Morgan fingerprint density at radius 2 is 1.77 bits per heavy atom. The average Bonchev–Trinajstić information content (AvgIpc) is 3.56. The molecule has 1 atom stereocenters. The molecule has 0 bridgehead atoms. The lowest BCUT2D eigenvalue weighted by atomic mass is 10.0. The van der Waals surface area contributed by atoms with Crippen molar-refractivity contribution in [2.75, 3.05) is 19.7 Å². The summed E-state index contributed by atoms with van der Waals surface area (Å²) < 4.78 is 3.67. The minimum Gasteiger partial charge on any atom is -0.392 e.